The van der Waals surface area contributed by atoms with Crippen molar-refractivity contribution >= 4 is 17.5 Å². The van der Waals surface area contributed by atoms with E-state index in [0.717, 1.165) is 37.8 Å². The van der Waals surface area contributed by atoms with Crippen LogP contribution in [0.25, 0.3) is 0 Å². The van der Waals surface area contributed by atoms with E-state index in [1.54, 1.807) is 18.7 Å². The summed E-state index contributed by atoms with van der Waals surface area (Å²) in [7, 11) is 3.92. The normalized spacial score (nSPS) is 14.5. The van der Waals surface area contributed by atoms with Gasteiger partial charge in [0.05, 0.1) is 0 Å². The number of nitriles is 1. The fourth-order valence-corrected chi connectivity index (χ4v) is 2.54. The Bertz CT molecular complexity index is 715. The first-order valence-electron chi connectivity index (χ1n) is 7.39. The minimum atomic E-state index is 0.373. The Labute approximate surface area is 135 Å². The van der Waals surface area contributed by atoms with Gasteiger partial charge in [0.2, 0.25) is 0 Å². The van der Waals surface area contributed by atoms with E-state index in [0.29, 0.717) is 11.5 Å². The van der Waals surface area contributed by atoms with Crippen molar-refractivity contribution in [2.45, 2.75) is 0 Å². The summed E-state index contributed by atoms with van der Waals surface area (Å²) in [6, 6.07) is 4.09. The third-order valence-electron chi connectivity index (χ3n) is 3.78. The number of nitrogens with zero attached hydrogens (tertiary/aromatic N) is 8. The van der Waals surface area contributed by atoms with Crippen molar-refractivity contribution in [1.29, 1.82) is 5.26 Å². The summed E-state index contributed by atoms with van der Waals surface area (Å²) in [4.78, 5) is 23.3. The van der Waals surface area contributed by atoms with Gasteiger partial charge in [0.25, 0.3) is 0 Å². The summed E-state index contributed by atoms with van der Waals surface area (Å²) in [5.74, 6) is 2.47. The van der Waals surface area contributed by atoms with Crippen molar-refractivity contribution in [3.63, 3.8) is 0 Å². The summed E-state index contributed by atoms with van der Waals surface area (Å²) < 4.78 is 0. The summed E-state index contributed by atoms with van der Waals surface area (Å²) >= 11 is 0. The second-order valence-electron chi connectivity index (χ2n) is 5.44. The molecule has 0 N–H and O–H groups in total. The third kappa shape index (κ3) is 3.13. The third-order valence-corrected chi connectivity index (χ3v) is 3.78. The minimum absolute atomic E-state index is 0.373. The molecule has 0 unspecified atom stereocenters. The van der Waals surface area contributed by atoms with Crippen LogP contribution >= 0.6 is 0 Å². The lowest BCUT2D eigenvalue weighted by atomic mass is 10.3. The fraction of sp³-hybridized carbons (Fsp3) is 0.400. The number of piperazine rings is 1. The van der Waals surface area contributed by atoms with Gasteiger partial charge in [0.15, 0.2) is 11.5 Å². The predicted octanol–water partition coefficient (Wildman–Crippen LogP) is 0.531. The van der Waals surface area contributed by atoms with Gasteiger partial charge in [-0.2, -0.15) is 5.26 Å². The molecule has 8 nitrogen and oxygen atoms in total. The van der Waals surface area contributed by atoms with Gasteiger partial charge < -0.3 is 14.7 Å². The van der Waals surface area contributed by atoms with Crippen LogP contribution in [0.1, 0.15) is 5.69 Å². The zero-order chi connectivity index (χ0) is 16.2. The Balaban J connectivity index is 1.71. The predicted molar refractivity (Wildman–Crippen MR) is 87.5 cm³/mol. The lowest BCUT2D eigenvalue weighted by molar-refractivity contribution is 0.639. The smallest absolute Gasteiger partial charge is 0.183 e. The maximum atomic E-state index is 9.15. The Morgan fingerprint density at radius 3 is 2.39 bits per heavy atom. The molecule has 1 aliphatic heterocycles. The average molecular weight is 310 g/mol. The zero-order valence-corrected chi connectivity index (χ0v) is 13.2. The minimum Gasteiger partial charge on any atom is -0.363 e. The molecular weight excluding hydrogens is 292 g/mol. The molecule has 0 aromatic carbocycles. The van der Waals surface area contributed by atoms with Crippen molar-refractivity contribution in [2.24, 2.45) is 0 Å². The van der Waals surface area contributed by atoms with Crippen LogP contribution in [0, 0.1) is 11.3 Å². The second-order valence-corrected chi connectivity index (χ2v) is 5.44. The molecule has 2 aromatic heterocycles. The maximum absolute atomic E-state index is 9.15. The number of rotatable bonds is 3. The Morgan fingerprint density at radius 2 is 1.70 bits per heavy atom. The van der Waals surface area contributed by atoms with Crippen LogP contribution in [-0.4, -0.2) is 60.2 Å². The molecule has 8 heteroatoms. The van der Waals surface area contributed by atoms with Crippen LogP contribution in [0.4, 0.5) is 17.5 Å². The lowest BCUT2D eigenvalue weighted by Crippen LogP contribution is -2.47. The van der Waals surface area contributed by atoms with Crippen LogP contribution in [-0.2, 0) is 0 Å². The summed E-state index contributed by atoms with van der Waals surface area (Å²) in [6.07, 6.45) is 4.76. The van der Waals surface area contributed by atoms with Crippen molar-refractivity contribution < 1.29 is 0 Å². The SMILES string of the molecule is CN(C)c1cc(N2CCN(c3nccnc3C#N)CC2)ncn1. The van der Waals surface area contributed by atoms with Gasteiger partial charge in [0.1, 0.15) is 24.0 Å². The molecular formula is C15H18N8. The molecule has 3 rings (SSSR count). The van der Waals surface area contributed by atoms with E-state index in [2.05, 4.69) is 35.8 Å². The molecule has 0 atom stereocenters. The van der Waals surface area contributed by atoms with Gasteiger partial charge in [-0.1, -0.05) is 0 Å². The molecule has 0 bridgehead atoms. The summed E-state index contributed by atoms with van der Waals surface area (Å²) in [5.41, 5.74) is 0.373. The molecule has 0 amide bonds. The quantitative estimate of drug-likeness (QED) is 0.811. The zero-order valence-electron chi connectivity index (χ0n) is 13.2. The molecule has 3 heterocycles. The largest absolute Gasteiger partial charge is 0.363 e. The molecule has 0 spiro atoms. The van der Waals surface area contributed by atoms with E-state index >= 15 is 0 Å². The van der Waals surface area contributed by atoms with Crippen molar-refractivity contribution in [3.8, 4) is 6.07 Å². The van der Waals surface area contributed by atoms with Gasteiger partial charge in [0, 0.05) is 58.7 Å². The highest BCUT2D eigenvalue weighted by Gasteiger charge is 2.21. The van der Waals surface area contributed by atoms with Crippen LogP contribution in [0.5, 0.6) is 0 Å². The highest BCUT2D eigenvalue weighted by molar-refractivity contribution is 5.53. The number of aromatic nitrogens is 4. The molecule has 118 valence electrons. The maximum Gasteiger partial charge on any atom is 0.183 e. The Morgan fingerprint density at radius 1 is 1.00 bits per heavy atom. The van der Waals surface area contributed by atoms with Gasteiger partial charge in [-0.25, -0.2) is 19.9 Å². The van der Waals surface area contributed by atoms with Gasteiger partial charge in [-0.3, -0.25) is 0 Å². The van der Waals surface area contributed by atoms with Crippen LogP contribution in [0.15, 0.2) is 24.8 Å². The van der Waals surface area contributed by atoms with E-state index in [1.807, 2.05) is 25.1 Å². The highest BCUT2D eigenvalue weighted by atomic mass is 15.3. The van der Waals surface area contributed by atoms with Crippen molar-refractivity contribution in [2.75, 3.05) is 55.0 Å². The number of hydrogen-bond donors (Lipinski definition) is 0. The lowest BCUT2D eigenvalue weighted by Gasteiger charge is -2.36. The molecule has 0 radical (unpaired) electrons. The Kier molecular flexibility index (Phi) is 4.19. The molecule has 0 saturated carbocycles. The van der Waals surface area contributed by atoms with Crippen LogP contribution in [0.3, 0.4) is 0 Å². The molecule has 23 heavy (non-hydrogen) atoms. The van der Waals surface area contributed by atoms with E-state index in [9.17, 15) is 0 Å². The molecule has 0 aliphatic carbocycles. The summed E-state index contributed by atoms with van der Waals surface area (Å²) in [5, 5.41) is 9.15. The standard InChI is InChI=1S/C15H18N8/c1-21(2)13-9-14(20-11-19-13)22-5-7-23(8-6-22)15-12(10-16)17-3-4-18-15/h3-4,9,11H,5-8H2,1-2H3. The van der Waals surface area contributed by atoms with E-state index in [-0.39, 0.29) is 0 Å². The molecule has 1 saturated heterocycles. The molecule has 2 aromatic rings. The molecule has 1 fully saturated rings. The van der Waals surface area contributed by atoms with Crippen LogP contribution < -0.4 is 14.7 Å². The van der Waals surface area contributed by atoms with Gasteiger partial charge >= 0.3 is 0 Å². The van der Waals surface area contributed by atoms with Crippen molar-refractivity contribution in [3.05, 3.63) is 30.5 Å². The number of hydrogen-bond acceptors (Lipinski definition) is 8. The molecule has 1 aliphatic rings. The average Bonchev–Trinajstić information content (AvgIpc) is 2.62. The topological polar surface area (TPSA) is 85.1 Å². The first-order valence-corrected chi connectivity index (χ1v) is 7.39. The fourth-order valence-electron chi connectivity index (χ4n) is 2.54. The van der Waals surface area contributed by atoms with Crippen LogP contribution in [0.2, 0.25) is 0 Å². The van der Waals surface area contributed by atoms with E-state index in [4.69, 9.17) is 5.26 Å². The highest BCUT2D eigenvalue weighted by Crippen LogP contribution is 2.20. The van der Waals surface area contributed by atoms with E-state index < -0.39 is 0 Å². The Hall–Kier alpha value is -2.95. The van der Waals surface area contributed by atoms with E-state index in [1.165, 1.54) is 0 Å². The second kappa shape index (κ2) is 6.44. The first kappa shape index (κ1) is 15.0. The van der Waals surface area contributed by atoms with Crippen molar-refractivity contribution in [1.82, 2.24) is 19.9 Å². The van der Waals surface area contributed by atoms with Gasteiger partial charge in [-0.15, -0.1) is 0 Å². The monoisotopic (exact) mass is 310 g/mol. The summed E-state index contributed by atoms with van der Waals surface area (Å²) in [6.45, 7) is 3.17. The first-order chi connectivity index (χ1) is 11.2. The van der Waals surface area contributed by atoms with Gasteiger partial charge in [-0.05, 0) is 0 Å². The number of anilines is 3.